The highest BCUT2D eigenvalue weighted by atomic mass is 16.5. The molecule has 1 heterocycles. The number of ether oxygens (including phenoxy) is 1. The molecule has 1 saturated heterocycles. The van der Waals surface area contributed by atoms with Gasteiger partial charge in [-0.25, -0.2) is 0 Å². The molecule has 0 aliphatic carbocycles. The van der Waals surface area contributed by atoms with Crippen molar-refractivity contribution in [1.29, 1.82) is 0 Å². The Labute approximate surface area is 158 Å². The van der Waals surface area contributed by atoms with Gasteiger partial charge in [0.1, 0.15) is 24.0 Å². The summed E-state index contributed by atoms with van der Waals surface area (Å²) in [4.78, 5) is 0. The van der Waals surface area contributed by atoms with Gasteiger partial charge < -0.3 is 25.4 Å². The third-order valence-corrected chi connectivity index (χ3v) is 4.61. The second kappa shape index (κ2) is 8.14. The van der Waals surface area contributed by atoms with Gasteiger partial charge in [0.25, 0.3) is 0 Å². The van der Waals surface area contributed by atoms with Gasteiger partial charge in [-0.1, -0.05) is 23.8 Å². The Bertz CT molecular complexity index is 809. The van der Waals surface area contributed by atoms with Crippen molar-refractivity contribution in [2.24, 2.45) is 10.2 Å². The number of hydrogen-bond acceptors (Lipinski definition) is 7. The SMILES string of the molecule is Cc1ccc(N=Nc2cc(C)ccc2N[C@@H]2O[C@H](C)[C@H](O)[C@H](O)[C@@H]2O)cc1. The minimum atomic E-state index is -1.30. The predicted octanol–water partition coefficient (Wildman–Crippen LogP) is 2.96. The lowest BCUT2D eigenvalue weighted by Crippen LogP contribution is -2.58. The summed E-state index contributed by atoms with van der Waals surface area (Å²) in [5, 5.41) is 41.7. The van der Waals surface area contributed by atoms with Crippen LogP contribution in [0.1, 0.15) is 18.1 Å². The molecule has 1 aliphatic rings. The molecule has 0 aromatic heterocycles. The van der Waals surface area contributed by atoms with Crippen LogP contribution in [0, 0.1) is 13.8 Å². The van der Waals surface area contributed by atoms with Crippen molar-refractivity contribution in [3.63, 3.8) is 0 Å². The first-order chi connectivity index (χ1) is 12.8. The molecule has 0 unspecified atom stereocenters. The Morgan fingerprint density at radius 3 is 2.22 bits per heavy atom. The van der Waals surface area contributed by atoms with Gasteiger partial charge in [-0.2, -0.15) is 5.11 Å². The lowest BCUT2D eigenvalue weighted by atomic mass is 9.99. The molecular formula is C20H25N3O4. The lowest BCUT2D eigenvalue weighted by molar-refractivity contribution is -0.209. The molecule has 27 heavy (non-hydrogen) atoms. The van der Waals surface area contributed by atoms with Gasteiger partial charge in [0, 0.05) is 0 Å². The molecule has 7 nitrogen and oxygen atoms in total. The molecule has 0 amide bonds. The van der Waals surface area contributed by atoms with Gasteiger partial charge in [0.2, 0.25) is 0 Å². The Morgan fingerprint density at radius 2 is 1.52 bits per heavy atom. The number of aliphatic hydroxyl groups excluding tert-OH is 3. The molecule has 0 radical (unpaired) electrons. The first kappa shape index (κ1) is 19.4. The molecular weight excluding hydrogens is 346 g/mol. The average molecular weight is 371 g/mol. The molecule has 7 heteroatoms. The van der Waals surface area contributed by atoms with E-state index in [1.165, 1.54) is 0 Å². The van der Waals surface area contributed by atoms with Crippen molar-refractivity contribution in [2.75, 3.05) is 5.32 Å². The standard InChI is InChI=1S/C20H25N3O4/c1-11-4-7-14(8-5-11)22-23-16-10-12(2)6-9-15(16)21-20-19(26)18(25)17(24)13(3)27-20/h4-10,13,17-21,24-26H,1-3H3/t13-,17+,18+,19+,20-/m1/s1. The van der Waals surface area contributed by atoms with Crippen molar-refractivity contribution in [2.45, 2.75) is 51.4 Å². The molecule has 2 aromatic rings. The first-order valence-electron chi connectivity index (χ1n) is 8.90. The first-order valence-corrected chi connectivity index (χ1v) is 8.90. The largest absolute Gasteiger partial charge is 0.388 e. The molecule has 5 atom stereocenters. The van der Waals surface area contributed by atoms with Crippen LogP contribution in [0.3, 0.4) is 0 Å². The molecule has 1 fully saturated rings. The fraction of sp³-hybridized carbons (Fsp3) is 0.400. The second-order valence-electron chi connectivity index (χ2n) is 6.93. The van der Waals surface area contributed by atoms with E-state index < -0.39 is 30.6 Å². The van der Waals surface area contributed by atoms with E-state index in [4.69, 9.17) is 4.74 Å². The monoisotopic (exact) mass is 371 g/mol. The number of hydrogen-bond donors (Lipinski definition) is 4. The van der Waals surface area contributed by atoms with Crippen LogP contribution in [-0.2, 0) is 4.74 Å². The van der Waals surface area contributed by atoms with Gasteiger partial charge in [-0.15, -0.1) is 5.11 Å². The molecule has 0 saturated carbocycles. The Hall–Kier alpha value is -2.32. The number of benzene rings is 2. The van der Waals surface area contributed by atoms with Gasteiger partial charge in [0.15, 0.2) is 6.23 Å². The highest BCUT2D eigenvalue weighted by Gasteiger charge is 2.41. The number of azo groups is 1. The van der Waals surface area contributed by atoms with Gasteiger partial charge in [-0.3, -0.25) is 0 Å². The van der Waals surface area contributed by atoms with Crippen molar-refractivity contribution in [3.05, 3.63) is 53.6 Å². The maximum atomic E-state index is 10.2. The number of rotatable bonds is 4. The van der Waals surface area contributed by atoms with E-state index in [9.17, 15) is 15.3 Å². The number of nitrogens with one attached hydrogen (secondary N) is 1. The van der Waals surface area contributed by atoms with Crippen molar-refractivity contribution in [3.8, 4) is 0 Å². The van der Waals surface area contributed by atoms with Crippen LogP contribution >= 0.6 is 0 Å². The summed E-state index contributed by atoms with van der Waals surface area (Å²) >= 11 is 0. The van der Waals surface area contributed by atoms with Crippen LogP contribution in [0.5, 0.6) is 0 Å². The third-order valence-electron chi connectivity index (χ3n) is 4.61. The van der Waals surface area contributed by atoms with Crippen molar-refractivity contribution in [1.82, 2.24) is 0 Å². The van der Waals surface area contributed by atoms with Crippen LogP contribution in [0.2, 0.25) is 0 Å². The summed E-state index contributed by atoms with van der Waals surface area (Å²) in [6, 6.07) is 13.3. The second-order valence-corrected chi connectivity index (χ2v) is 6.93. The number of aryl methyl sites for hydroxylation is 2. The molecule has 1 aliphatic heterocycles. The zero-order valence-electron chi connectivity index (χ0n) is 15.6. The normalized spacial score (nSPS) is 28.4. The molecule has 4 N–H and O–H groups in total. The minimum Gasteiger partial charge on any atom is -0.388 e. The van der Waals surface area contributed by atoms with Gasteiger partial charge in [0.05, 0.1) is 17.5 Å². The summed E-state index contributed by atoms with van der Waals surface area (Å²) in [7, 11) is 0. The summed E-state index contributed by atoms with van der Waals surface area (Å²) < 4.78 is 5.60. The zero-order valence-corrected chi connectivity index (χ0v) is 15.6. The molecule has 2 aromatic carbocycles. The number of anilines is 1. The lowest BCUT2D eigenvalue weighted by Gasteiger charge is -2.39. The van der Waals surface area contributed by atoms with Crippen molar-refractivity contribution < 1.29 is 20.1 Å². The molecule has 0 spiro atoms. The van der Waals surface area contributed by atoms with E-state index in [0.717, 1.165) is 16.8 Å². The maximum absolute atomic E-state index is 10.2. The van der Waals surface area contributed by atoms with Crippen molar-refractivity contribution >= 4 is 17.1 Å². The molecule has 144 valence electrons. The van der Waals surface area contributed by atoms with Crippen LogP contribution < -0.4 is 5.32 Å². The van der Waals surface area contributed by atoms with Gasteiger partial charge >= 0.3 is 0 Å². The van der Waals surface area contributed by atoms with Gasteiger partial charge in [-0.05, 0) is 50.6 Å². The van der Waals surface area contributed by atoms with Crippen LogP contribution in [0.4, 0.5) is 17.1 Å². The van der Waals surface area contributed by atoms with E-state index in [-0.39, 0.29) is 0 Å². The quantitative estimate of drug-likeness (QED) is 0.618. The van der Waals surface area contributed by atoms with Crippen LogP contribution in [0.15, 0.2) is 52.7 Å². The van der Waals surface area contributed by atoms with E-state index in [1.807, 2.05) is 56.3 Å². The number of nitrogens with zero attached hydrogens (tertiary/aromatic N) is 2. The van der Waals surface area contributed by atoms with E-state index >= 15 is 0 Å². The minimum absolute atomic E-state index is 0.583. The predicted molar refractivity (Wildman–Crippen MR) is 103 cm³/mol. The molecule has 0 bridgehead atoms. The van der Waals surface area contributed by atoms with E-state index in [2.05, 4.69) is 15.5 Å². The fourth-order valence-electron chi connectivity index (χ4n) is 2.89. The maximum Gasteiger partial charge on any atom is 0.157 e. The smallest absolute Gasteiger partial charge is 0.157 e. The highest BCUT2D eigenvalue weighted by molar-refractivity contribution is 5.66. The summed E-state index contributed by atoms with van der Waals surface area (Å²) in [5.41, 5.74) is 4.07. The topological polar surface area (TPSA) is 107 Å². The average Bonchev–Trinajstić information content (AvgIpc) is 2.65. The van der Waals surface area contributed by atoms with E-state index in [0.29, 0.717) is 11.4 Å². The number of aliphatic hydroxyl groups is 3. The van der Waals surface area contributed by atoms with Crippen LogP contribution in [0.25, 0.3) is 0 Å². The van der Waals surface area contributed by atoms with E-state index in [1.54, 1.807) is 6.92 Å². The molecule has 3 rings (SSSR count). The summed E-state index contributed by atoms with van der Waals surface area (Å²) in [6.07, 6.45) is -5.22. The summed E-state index contributed by atoms with van der Waals surface area (Å²) in [5.74, 6) is 0. The fourth-order valence-corrected chi connectivity index (χ4v) is 2.89. The Kier molecular flexibility index (Phi) is 5.86. The Balaban J connectivity index is 1.82. The summed E-state index contributed by atoms with van der Waals surface area (Å²) in [6.45, 7) is 5.59. The van der Waals surface area contributed by atoms with Crippen LogP contribution in [-0.4, -0.2) is 46.0 Å². The zero-order chi connectivity index (χ0) is 19.6. The highest BCUT2D eigenvalue weighted by Crippen LogP contribution is 2.31. The Morgan fingerprint density at radius 1 is 0.852 bits per heavy atom. The third kappa shape index (κ3) is 4.51.